The number of fused-ring (bicyclic) bond motifs is 1. The predicted octanol–water partition coefficient (Wildman–Crippen LogP) is 5.62. The summed E-state index contributed by atoms with van der Waals surface area (Å²) in [5.74, 6) is -1.62. The van der Waals surface area contributed by atoms with E-state index in [2.05, 4.69) is 12.2 Å². The summed E-state index contributed by atoms with van der Waals surface area (Å²) in [5.41, 5.74) is 3.31. The van der Waals surface area contributed by atoms with Crippen LogP contribution >= 0.6 is 11.3 Å². The molecule has 2 unspecified atom stereocenters. The monoisotopic (exact) mass is 430 g/mol. The molecule has 1 aliphatic rings. The van der Waals surface area contributed by atoms with Crippen LogP contribution in [0.1, 0.15) is 67.2 Å². The van der Waals surface area contributed by atoms with E-state index in [0.29, 0.717) is 11.3 Å². The first kappa shape index (κ1) is 22.0. The van der Waals surface area contributed by atoms with Gasteiger partial charge in [0.2, 0.25) is 0 Å². The van der Waals surface area contributed by atoms with Crippen molar-refractivity contribution in [3.63, 3.8) is 0 Å². The highest BCUT2D eigenvalue weighted by molar-refractivity contribution is 7.16. The third kappa shape index (κ3) is 3.97. The number of carbonyl (C=O) groups is 1. The van der Waals surface area contributed by atoms with E-state index in [1.54, 1.807) is 37.5 Å². The Morgan fingerprint density at radius 1 is 1.43 bits per heavy atom. The van der Waals surface area contributed by atoms with Gasteiger partial charge in [-0.05, 0) is 37.8 Å². The lowest BCUT2D eigenvalue weighted by molar-refractivity contribution is -0.384. The normalized spacial score (nSPS) is 16.7. The van der Waals surface area contributed by atoms with Crippen molar-refractivity contribution in [1.29, 1.82) is 0 Å². The molecule has 0 saturated heterocycles. The van der Waals surface area contributed by atoms with Crippen molar-refractivity contribution in [1.82, 2.24) is 0 Å². The summed E-state index contributed by atoms with van der Waals surface area (Å²) in [5, 5.41) is 25.5. The molecule has 2 N–H and O–H groups in total. The van der Waals surface area contributed by atoms with Crippen LogP contribution in [0.15, 0.2) is 35.5 Å². The van der Waals surface area contributed by atoms with E-state index >= 15 is 0 Å². The van der Waals surface area contributed by atoms with Crippen LogP contribution in [0.2, 0.25) is 0 Å². The van der Waals surface area contributed by atoms with E-state index in [1.165, 1.54) is 12.1 Å². The Kier molecular flexibility index (Phi) is 6.58. The number of methoxy groups -OCH3 is 1. The highest BCUT2D eigenvalue weighted by Gasteiger charge is 2.37. The van der Waals surface area contributed by atoms with Crippen LogP contribution in [0.5, 0.6) is 0 Å². The second-order valence-electron chi connectivity index (χ2n) is 7.42. The van der Waals surface area contributed by atoms with Crippen LogP contribution in [0.25, 0.3) is 0 Å². The van der Waals surface area contributed by atoms with E-state index in [0.717, 1.165) is 40.3 Å². The van der Waals surface area contributed by atoms with Crippen LogP contribution in [-0.2, 0) is 16.0 Å². The maximum Gasteiger partial charge on any atom is 0.334 e. The van der Waals surface area contributed by atoms with Crippen LogP contribution in [0, 0.1) is 10.1 Å². The zero-order valence-electron chi connectivity index (χ0n) is 17.5. The van der Waals surface area contributed by atoms with E-state index in [9.17, 15) is 20.0 Å². The third-order valence-corrected chi connectivity index (χ3v) is 6.83. The van der Waals surface area contributed by atoms with Crippen molar-refractivity contribution in [2.75, 3.05) is 12.4 Å². The molecule has 0 radical (unpaired) electrons. The first-order chi connectivity index (χ1) is 14.3. The van der Waals surface area contributed by atoms with Gasteiger partial charge in [0.15, 0.2) is 0 Å². The molecule has 0 saturated carbocycles. The molecule has 30 heavy (non-hydrogen) atoms. The molecular formula is C22H26N2O5S. The standard InChI is InChI=1S/C22H26N2O5S/c1-5-6-10-16-19-18(14-8-7-9-15(11-14)24(27)28)17(22(25)26)12(2)23-21(19)30-20(16)13(3)29-4/h7-9,11,13,18,23H,5-6,10H2,1-4H3,(H,25,26). The number of nitrogens with one attached hydrogen (secondary N) is 1. The number of benzene rings is 1. The summed E-state index contributed by atoms with van der Waals surface area (Å²) in [6.07, 6.45) is 2.62. The molecule has 0 spiro atoms. The molecule has 0 aliphatic carbocycles. The van der Waals surface area contributed by atoms with Gasteiger partial charge in [-0.15, -0.1) is 11.3 Å². The van der Waals surface area contributed by atoms with E-state index in [-0.39, 0.29) is 17.4 Å². The average Bonchev–Trinajstić information content (AvgIpc) is 3.08. The fourth-order valence-corrected chi connectivity index (χ4v) is 5.35. The number of nitro benzene ring substituents is 1. The Bertz CT molecular complexity index is 1010. The first-order valence-corrected chi connectivity index (χ1v) is 10.7. The summed E-state index contributed by atoms with van der Waals surface area (Å²) in [6, 6.07) is 6.29. The summed E-state index contributed by atoms with van der Waals surface area (Å²) in [6.45, 7) is 5.83. The van der Waals surface area contributed by atoms with Gasteiger partial charge in [-0.25, -0.2) is 4.79 Å². The van der Waals surface area contributed by atoms with Gasteiger partial charge in [-0.1, -0.05) is 25.5 Å². The van der Waals surface area contributed by atoms with Crippen LogP contribution in [-0.4, -0.2) is 23.1 Å². The quantitative estimate of drug-likeness (QED) is 0.416. The van der Waals surface area contributed by atoms with Crippen molar-refractivity contribution in [3.05, 3.63) is 67.2 Å². The largest absolute Gasteiger partial charge is 0.478 e. The lowest BCUT2D eigenvalue weighted by Crippen LogP contribution is -2.22. The third-order valence-electron chi connectivity index (χ3n) is 5.51. The van der Waals surface area contributed by atoms with E-state index < -0.39 is 16.8 Å². The van der Waals surface area contributed by atoms with Gasteiger partial charge >= 0.3 is 5.97 Å². The number of ether oxygens (including phenoxy) is 1. The van der Waals surface area contributed by atoms with Gasteiger partial charge < -0.3 is 15.2 Å². The number of rotatable bonds is 8. The molecule has 3 rings (SSSR count). The average molecular weight is 431 g/mol. The zero-order chi connectivity index (χ0) is 22.0. The predicted molar refractivity (Wildman–Crippen MR) is 117 cm³/mol. The number of anilines is 1. The van der Waals surface area contributed by atoms with Crippen molar-refractivity contribution >= 4 is 28.0 Å². The van der Waals surface area contributed by atoms with Crippen LogP contribution in [0.4, 0.5) is 10.7 Å². The zero-order valence-corrected chi connectivity index (χ0v) is 18.3. The van der Waals surface area contributed by atoms with Crippen molar-refractivity contribution < 1.29 is 19.6 Å². The molecule has 1 aromatic carbocycles. The van der Waals surface area contributed by atoms with Gasteiger partial charge in [0.1, 0.15) is 0 Å². The number of nitro groups is 1. The molecule has 1 aliphatic heterocycles. The Labute approximate surface area is 179 Å². The minimum Gasteiger partial charge on any atom is -0.478 e. The molecule has 0 amide bonds. The molecule has 1 aromatic heterocycles. The van der Waals surface area contributed by atoms with E-state index in [4.69, 9.17) is 4.74 Å². The first-order valence-electron chi connectivity index (χ1n) is 9.93. The molecule has 0 fully saturated rings. The van der Waals surface area contributed by atoms with Crippen LogP contribution in [0.3, 0.4) is 0 Å². The Hall–Kier alpha value is -2.71. The minimum absolute atomic E-state index is 0.0502. The van der Waals surface area contributed by atoms with Gasteiger partial charge in [-0.3, -0.25) is 10.1 Å². The summed E-state index contributed by atoms with van der Waals surface area (Å²) >= 11 is 1.57. The summed E-state index contributed by atoms with van der Waals surface area (Å²) in [4.78, 5) is 24.2. The number of carboxylic acids is 1. The molecule has 8 heteroatoms. The molecule has 0 bridgehead atoms. The fraction of sp³-hybridized carbons (Fsp3) is 0.409. The number of hydrogen-bond donors (Lipinski definition) is 2. The number of hydrogen-bond acceptors (Lipinski definition) is 6. The van der Waals surface area contributed by atoms with E-state index in [1.807, 2.05) is 6.92 Å². The number of non-ortho nitro benzene ring substituents is 1. The molecule has 2 heterocycles. The summed E-state index contributed by atoms with van der Waals surface area (Å²) in [7, 11) is 1.66. The Morgan fingerprint density at radius 2 is 2.17 bits per heavy atom. The minimum atomic E-state index is -1.03. The van der Waals surface area contributed by atoms with Crippen molar-refractivity contribution in [2.45, 2.75) is 52.1 Å². The molecule has 160 valence electrons. The number of nitrogens with zero attached hydrogens (tertiary/aromatic N) is 1. The topological polar surface area (TPSA) is 102 Å². The van der Waals surface area contributed by atoms with Gasteiger partial charge in [0.25, 0.3) is 5.69 Å². The fourth-order valence-electron chi connectivity index (χ4n) is 3.97. The molecule has 2 aromatic rings. The Morgan fingerprint density at radius 3 is 2.77 bits per heavy atom. The molecule has 2 atom stereocenters. The number of unbranched alkanes of at least 4 members (excludes halogenated alkanes) is 1. The second-order valence-corrected chi connectivity index (χ2v) is 8.48. The maximum absolute atomic E-state index is 12.2. The van der Waals surface area contributed by atoms with Crippen LogP contribution < -0.4 is 5.32 Å². The molecular weight excluding hydrogens is 404 g/mol. The highest BCUT2D eigenvalue weighted by Crippen LogP contribution is 2.50. The lowest BCUT2D eigenvalue weighted by atomic mass is 9.79. The maximum atomic E-state index is 12.2. The highest BCUT2D eigenvalue weighted by atomic mass is 32.1. The van der Waals surface area contributed by atoms with Crippen molar-refractivity contribution in [2.24, 2.45) is 0 Å². The Balaban J connectivity index is 2.29. The smallest absolute Gasteiger partial charge is 0.334 e. The second kappa shape index (κ2) is 8.97. The van der Waals surface area contributed by atoms with Gasteiger partial charge in [-0.2, -0.15) is 0 Å². The lowest BCUT2D eigenvalue weighted by Gasteiger charge is -2.28. The number of carboxylic acid groups (broad SMARTS) is 1. The summed E-state index contributed by atoms with van der Waals surface area (Å²) < 4.78 is 5.59. The van der Waals surface area contributed by atoms with Crippen molar-refractivity contribution in [3.8, 4) is 0 Å². The SMILES string of the molecule is CCCCc1c(C(C)OC)sc2c1C(c1cccc([N+](=O)[O-])c1)C(C(=O)O)=C(C)N2. The van der Waals surface area contributed by atoms with Gasteiger partial charge in [0, 0.05) is 41.3 Å². The van der Waals surface area contributed by atoms with Gasteiger partial charge in [0.05, 0.1) is 21.6 Å². The number of aliphatic carboxylic acids is 1. The molecule has 7 nitrogen and oxygen atoms in total. The number of thiophene rings is 1. The number of allylic oxidation sites excluding steroid dienone is 1.